The number of piperidine rings is 1. The number of carboxylic acid groups (broad SMARTS) is 1. The third kappa shape index (κ3) is 3.43. The summed E-state index contributed by atoms with van der Waals surface area (Å²) in [4.78, 5) is 22.0. The predicted octanol–water partition coefficient (Wildman–Crippen LogP) is 2.18. The fourth-order valence-electron chi connectivity index (χ4n) is 2.66. The van der Waals surface area contributed by atoms with Crippen LogP contribution in [0, 0.1) is 6.92 Å². The van der Waals surface area contributed by atoms with Crippen molar-refractivity contribution in [3.8, 4) is 0 Å². The van der Waals surface area contributed by atoms with Gasteiger partial charge in [-0.1, -0.05) is 6.92 Å². The van der Waals surface area contributed by atoms with E-state index in [0.29, 0.717) is 0 Å². The predicted molar refractivity (Wildman–Crippen MR) is 73.4 cm³/mol. The highest BCUT2D eigenvalue weighted by Crippen LogP contribution is 2.25. The molecule has 2 heterocycles. The third-order valence-corrected chi connectivity index (χ3v) is 3.57. The van der Waals surface area contributed by atoms with Gasteiger partial charge in [0.25, 0.3) is 0 Å². The molecule has 1 aliphatic rings. The highest BCUT2D eigenvalue weighted by Gasteiger charge is 2.26. The van der Waals surface area contributed by atoms with Crippen molar-refractivity contribution in [2.24, 2.45) is 0 Å². The fraction of sp³-hybridized carbons (Fsp3) is 0.643. The molecule has 5 nitrogen and oxygen atoms in total. The number of aromatic nitrogens is 2. The smallest absolute Gasteiger partial charge is 0.305 e. The summed E-state index contributed by atoms with van der Waals surface area (Å²) < 4.78 is 0. The SMILES string of the molecule is CCc1cc(N2CCCCC2CC(=O)O)nc(C)n1. The maximum atomic E-state index is 11.0. The number of hydrogen-bond donors (Lipinski definition) is 1. The largest absolute Gasteiger partial charge is 0.481 e. The first kappa shape index (κ1) is 13.8. The number of anilines is 1. The topological polar surface area (TPSA) is 66.3 Å². The van der Waals surface area contributed by atoms with E-state index < -0.39 is 5.97 Å². The summed E-state index contributed by atoms with van der Waals surface area (Å²) in [5.74, 6) is 0.905. The van der Waals surface area contributed by atoms with Gasteiger partial charge in [0.1, 0.15) is 11.6 Å². The van der Waals surface area contributed by atoms with E-state index in [1.54, 1.807) is 0 Å². The summed E-state index contributed by atoms with van der Waals surface area (Å²) in [6.07, 6.45) is 4.18. The molecule has 1 aromatic heterocycles. The summed E-state index contributed by atoms with van der Waals surface area (Å²) in [5, 5.41) is 9.03. The van der Waals surface area contributed by atoms with Crippen LogP contribution in [0.5, 0.6) is 0 Å². The Labute approximate surface area is 113 Å². The van der Waals surface area contributed by atoms with Gasteiger partial charge in [-0.15, -0.1) is 0 Å². The zero-order chi connectivity index (χ0) is 13.8. The zero-order valence-electron chi connectivity index (χ0n) is 11.6. The normalized spacial score (nSPS) is 19.5. The second-order valence-corrected chi connectivity index (χ2v) is 5.06. The van der Waals surface area contributed by atoms with E-state index in [1.165, 1.54) is 0 Å². The van der Waals surface area contributed by atoms with E-state index >= 15 is 0 Å². The van der Waals surface area contributed by atoms with Gasteiger partial charge in [0, 0.05) is 24.3 Å². The Kier molecular flexibility index (Phi) is 4.35. The molecular weight excluding hydrogens is 242 g/mol. The van der Waals surface area contributed by atoms with Crippen LogP contribution in [0.15, 0.2) is 6.07 Å². The molecule has 1 aliphatic heterocycles. The molecule has 1 unspecified atom stereocenters. The van der Waals surface area contributed by atoms with E-state index in [9.17, 15) is 4.79 Å². The van der Waals surface area contributed by atoms with Gasteiger partial charge in [-0.05, 0) is 32.6 Å². The summed E-state index contributed by atoms with van der Waals surface area (Å²) in [6, 6.07) is 2.05. The Bertz CT molecular complexity index is 462. The minimum Gasteiger partial charge on any atom is -0.481 e. The lowest BCUT2D eigenvalue weighted by Crippen LogP contribution is -2.41. The van der Waals surface area contributed by atoms with Crippen molar-refractivity contribution < 1.29 is 9.90 Å². The monoisotopic (exact) mass is 263 g/mol. The molecule has 2 rings (SSSR count). The van der Waals surface area contributed by atoms with Crippen molar-refractivity contribution in [2.45, 2.75) is 52.0 Å². The van der Waals surface area contributed by atoms with Gasteiger partial charge in [0.15, 0.2) is 0 Å². The second kappa shape index (κ2) is 5.99. The van der Waals surface area contributed by atoms with Crippen LogP contribution in [0.2, 0.25) is 0 Å². The second-order valence-electron chi connectivity index (χ2n) is 5.06. The molecule has 19 heavy (non-hydrogen) atoms. The minimum atomic E-state index is -0.738. The van der Waals surface area contributed by atoms with Crippen molar-refractivity contribution in [2.75, 3.05) is 11.4 Å². The quantitative estimate of drug-likeness (QED) is 0.902. The first-order valence-electron chi connectivity index (χ1n) is 6.93. The van der Waals surface area contributed by atoms with E-state index in [0.717, 1.165) is 49.6 Å². The zero-order valence-corrected chi connectivity index (χ0v) is 11.6. The van der Waals surface area contributed by atoms with Crippen molar-refractivity contribution in [3.05, 3.63) is 17.6 Å². The molecule has 1 aromatic rings. The molecule has 0 aromatic carbocycles. The molecular formula is C14H21N3O2. The molecule has 1 saturated heterocycles. The van der Waals surface area contributed by atoms with Gasteiger partial charge < -0.3 is 10.0 Å². The van der Waals surface area contributed by atoms with Crippen LogP contribution < -0.4 is 4.90 Å². The molecule has 1 atom stereocenters. The van der Waals surface area contributed by atoms with Gasteiger partial charge in [-0.25, -0.2) is 9.97 Å². The van der Waals surface area contributed by atoms with Crippen LogP contribution in [-0.2, 0) is 11.2 Å². The van der Waals surface area contributed by atoms with Crippen LogP contribution in [0.3, 0.4) is 0 Å². The van der Waals surface area contributed by atoms with E-state index in [-0.39, 0.29) is 12.5 Å². The summed E-state index contributed by atoms with van der Waals surface area (Å²) >= 11 is 0. The molecule has 1 N–H and O–H groups in total. The standard InChI is InChI=1S/C14H21N3O2/c1-3-11-8-13(16-10(2)15-11)17-7-5-4-6-12(17)9-14(18)19/h8,12H,3-7,9H2,1-2H3,(H,18,19). The summed E-state index contributed by atoms with van der Waals surface area (Å²) in [6.45, 7) is 4.84. The van der Waals surface area contributed by atoms with E-state index in [2.05, 4.69) is 21.8 Å². The molecule has 0 spiro atoms. The van der Waals surface area contributed by atoms with Gasteiger partial charge in [-0.2, -0.15) is 0 Å². The molecule has 1 fully saturated rings. The van der Waals surface area contributed by atoms with Gasteiger partial charge >= 0.3 is 5.97 Å². The van der Waals surface area contributed by atoms with Crippen molar-refractivity contribution in [1.29, 1.82) is 0 Å². The van der Waals surface area contributed by atoms with Gasteiger partial charge in [0.2, 0.25) is 0 Å². The van der Waals surface area contributed by atoms with Crippen LogP contribution in [0.4, 0.5) is 5.82 Å². The number of nitrogens with zero attached hydrogens (tertiary/aromatic N) is 3. The third-order valence-electron chi connectivity index (χ3n) is 3.57. The molecule has 0 radical (unpaired) electrons. The van der Waals surface area contributed by atoms with E-state index in [4.69, 9.17) is 5.11 Å². The number of carboxylic acids is 1. The van der Waals surface area contributed by atoms with Crippen LogP contribution in [0.1, 0.15) is 44.1 Å². The lowest BCUT2D eigenvalue weighted by Gasteiger charge is -2.36. The van der Waals surface area contributed by atoms with Gasteiger partial charge in [0.05, 0.1) is 6.42 Å². The van der Waals surface area contributed by atoms with E-state index in [1.807, 2.05) is 13.0 Å². The molecule has 0 amide bonds. The molecule has 0 aliphatic carbocycles. The Morgan fingerprint density at radius 3 is 2.95 bits per heavy atom. The fourth-order valence-corrected chi connectivity index (χ4v) is 2.66. The highest BCUT2D eigenvalue weighted by molar-refractivity contribution is 5.68. The number of carbonyl (C=O) groups is 1. The van der Waals surface area contributed by atoms with Crippen LogP contribution >= 0.6 is 0 Å². The maximum Gasteiger partial charge on any atom is 0.305 e. The average molecular weight is 263 g/mol. The minimum absolute atomic E-state index is 0.0604. The maximum absolute atomic E-state index is 11.0. The first-order valence-corrected chi connectivity index (χ1v) is 6.93. The van der Waals surface area contributed by atoms with Crippen molar-refractivity contribution in [3.63, 3.8) is 0 Å². The first-order chi connectivity index (χ1) is 9.10. The number of aliphatic carboxylic acids is 1. The summed E-state index contributed by atoms with van der Waals surface area (Å²) in [5.41, 5.74) is 1.02. The Hall–Kier alpha value is -1.65. The lowest BCUT2D eigenvalue weighted by molar-refractivity contribution is -0.137. The Morgan fingerprint density at radius 1 is 1.47 bits per heavy atom. The molecule has 104 valence electrons. The number of aryl methyl sites for hydroxylation is 2. The van der Waals surface area contributed by atoms with Crippen molar-refractivity contribution in [1.82, 2.24) is 9.97 Å². The summed E-state index contributed by atoms with van der Waals surface area (Å²) in [7, 11) is 0. The molecule has 5 heteroatoms. The molecule has 0 bridgehead atoms. The Balaban J connectivity index is 2.26. The lowest BCUT2D eigenvalue weighted by atomic mass is 9.99. The number of hydrogen-bond acceptors (Lipinski definition) is 4. The Morgan fingerprint density at radius 2 is 2.26 bits per heavy atom. The number of rotatable bonds is 4. The van der Waals surface area contributed by atoms with Crippen LogP contribution in [-0.4, -0.2) is 33.6 Å². The molecule has 0 saturated carbocycles. The van der Waals surface area contributed by atoms with Gasteiger partial charge in [-0.3, -0.25) is 4.79 Å². The highest BCUT2D eigenvalue weighted by atomic mass is 16.4. The van der Waals surface area contributed by atoms with Crippen molar-refractivity contribution >= 4 is 11.8 Å². The average Bonchev–Trinajstić information content (AvgIpc) is 2.38. The van der Waals surface area contributed by atoms with Crippen LogP contribution in [0.25, 0.3) is 0 Å².